The Hall–Kier alpha value is -0.270. The first-order valence-electron chi connectivity index (χ1n) is 6.12. The molecule has 1 fully saturated rings. The Balaban J connectivity index is 2.64. The third-order valence-electron chi connectivity index (χ3n) is 3.15. The number of sulfone groups is 1. The van der Waals surface area contributed by atoms with Gasteiger partial charge in [0.2, 0.25) is 5.91 Å². The van der Waals surface area contributed by atoms with Crippen LogP contribution in [0.3, 0.4) is 0 Å². The third-order valence-corrected chi connectivity index (χ3v) is 5.80. The van der Waals surface area contributed by atoms with Crippen molar-refractivity contribution in [1.82, 2.24) is 4.90 Å². The van der Waals surface area contributed by atoms with Gasteiger partial charge in [0.15, 0.2) is 9.84 Å². The fraction of sp³-hybridized carbons (Fsp3) is 0.909. The lowest BCUT2D eigenvalue weighted by atomic mass is 10.1. The fourth-order valence-corrected chi connectivity index (χ4v) is 4.69. The van der Waals surface area contributed by atoms with Gasteiger partial charge in [0.25, 0.3) is 0 Å². The number of rotatable bonds is 5. The molecule has 1 amide bonds. The van der Waals surface area contributed by atoms with E-state index in [0.717, 1.165) is 12.2 Å². The highest BCUT2D eigenvalue weighted by molar-refractivity contribution is 8.00. The van der Waals surface area contributed by atoms with Crippen LogP contribution in [0.2, 0.25) is 0 Å². The van der Waals surface area contributed by atoms with Crippen molar-refractivity contribution in [3.63, 3.8) is 0 Å². The number of nitrogens with two attached hydrogens (primary N) is 1. The topological polar surface area (TPSA) is 80.5 Å². The summed E-state index contributed by atoms with van der Waals surface area (Å²) in [5, 5.41) is -0.656. The van der Waals surface area contributed by atoms with Crippen LogP contribution in [-0.4, -0.2) is 55.4 Å². The standard InChI is InChI=1S/C11H22N2O3S2/c1-9(7-12)3-4-10(14)13-5-6-17-8-11(13)18(2,15)16/h9,11H,3-8,12H2,1-2H3. The minimum Gasteiger partial charge on any atom is -0.330 e. The van der Waals surface area contributed by atoms with E-state index in [1.807, 2.05) is 6.92 Å². The van der Waals surface area contributed by atoms with Crippen molar-refractivity contribution < 1.29 is 13.2 Å². The predicted molar refractivity (Wildman–Crippen MR) is 75.1 cm³/mol. The molecule has 1 rings (SSSR count). The number of hydrogen-bond acceptors (Lipinski definition) is 5. The Morgan fingerprint density at radius 2 is 2.22 bits per heavy atom. The van der Waals surface area contributed by atoms with Gasteiger partial charge < -0.3 is 10.6 Å². The summed E-state index contributed by atoms with van der Waals surface area (Å²) in [6, 6.07) is 0. The quantitative estimate of drug-likeness (QED) is 0.789. The highest BCUT2D eigenvalue weighted by Crippen LogP contribution is 2.21. The molecule has 1 aliphatic heterocycles. The predicted octanol–water partition coefficient (Wildman–Crippen LogP) is 0.308. The van der Waals surface area contributed by atoms with Gasteiger partial charge in [-0.15, -0.1) is 0 Å². The summed E-state index contributed by atoms with van der Waals surface area (Å²) >= 11 is 1.59. The average molecular weight is 294 g/mol. The van der Waals surface area contributed by atoms with Crippen LogP contribution in [0.15, 0.2) is 0 Å². The van der Waals surface area contributed by atoms with Crippen molar-refractivity contribution in [2.75, 3.05) is 30.9 Å². The Bertz CT molecular complexity index is 384. The second-order valence-electron chi connectivity index (χ2n) is 4.83. The molecule has 0 aliphatic carbocycles. The smallest absolute Gasteiger partial charge is 0.223 e. The van der Waals surface area contributed by atoms with Crippen LogP contribution in [0.5, 0.6) is 0 Å². The molecule has 0 spiro atoms. The van der Waals surface area contributed by atoms with E-state index in [-0.39, 0.29) is 5.91 Å². The van der Waals surface area contributed by atoms with Crippen molar-refractivity contribution in [1.29, 1.82) is 0 Å². The highest BCUT2D eigenvalue weighted by atomic mass is 32.2. The fourth-order valence-electron chi connectivity index (χ4n) is 1.85. The molecule has 106 valence electrons. The molecule has 0 aromatic carbocycles. The van der Waals surface area contributed by atoms with Crippen LogP contribution >= 0.6 is 11.8 Å². The van der Waals surface area contributed by atoms with Crippen molar-refractivity contribution in [3.05, 3.63) is 0 Å². The molecule has 1 saturated heterocycles. The number of thioether (sulfide) groups is 1. The molecular formula is C11H22N2O3S2. The second-order valence-corrected chi connectivity index (χ2v) is 8.18. The van der Waals surface area contributed by atoms with E-state index in [1.165, 1.54) is 11.2 Å². The van der Waals surface area contributed by atoms with E-state index in [2.05, 4.69) is 0 Å². The highest BCUT2D eigenvalue weighted by Gasteiger charge is 2.33. The van der Waals surface area contributed by atoms with Gasteiger partial charge in [0.05, 0.1) is 0 Å². The first-order chi connectivity index (χ1) is 8.36. The van der Waals surface area contributed by atoms with Crippen LogP contribution in [0.1, 0.15) is 19.8 Å². The van der Waals surface area contributed by atoms with Crippen LogP contribution in [0.4, 0.5) is 0 Å². The summed E-state index contributed by atoms with van der Waals surface area (Å²) in [5.41, 5.74) is 5.51. The molecule has 7 heteroatoms. The summed E-state index contributed by atoms with van der Waals surface area (Å²) in [5.74, 6) is 1.53. The maximum Gasteiger partial charge on any atom is 0.223 e. The van der Waals surface area contributed by atoms with Gasteiger partial charge in [0.1, 0.15) is 5.37 Å². The molecule has 0 aromatic heterocycles. The molecule has 2 unspecified atom stereocenters. The number of carbonyl (C=O) groups excluding carboxylic acids is 1. The maximum absolute atomic E-state index is 12.1. The molecule has 0 aromatic rings. The largest absolute Gasteiger partial charge is 0.330 e. The van der Waals surface area contributed by atoms with Gasteiger partial charge in [-0.25, -0.2) is 8.42 Å². The minimum atomic E-state index is -3.20. The Morgan fingerprint density at radius 3 is 2.78 bits per heavy atom. The van der Waals surface area contributed by atoms with E-state index in [0.29, 0.717) is 31.2 Å². The van der Waals surface area contributed by atoms with E-state index in [1.54, 1.807) is 11.8 Å². The average Bonchev–Trinajstić information content (AvgIpc) is 2.34. The number of nitrogens with zero attached hydrogens (tertiary/aromatic N) is 1. The van der Waals surface area contributed by atoms with Crippen molar-refractivity contribution in [2.45, 2.75) is 25.1 Å². The van der Waals surface area contributed by atoms with Gasteiger partial charge in [-0.2, -0.15) is 11.8 Å². The van der Waals surface area contributed by atoms with E-state index in [4.69, 9.17) is 5.73 Å². The zero-order valence-corrected chi connectivity index (χ0v) is 12.6. The van der Waals surface area contributed by atoms with E-state index < -0.39 is 15.2 Å². The molecular weight excluding hydrogens is 272 g/mol. The van der Waals surface area contributed by atoms with Crippen LogP contribution < -0.4 is 5.73 Å². The zero-order chi connectivity index (χ0) is 13.8. The summed E-state index contributed by atoms with van der Waals surface area (Å²) in [6.45, 7) is 3.07. The SMILES string of the molecule is CC(CN)CCC(=O)N1CCSCC1S(C)(=O)=O. The molecule has 0 bridgehead atoms. The molecule has 1 heterocycles. The van der Waals surface area contributed by atoms with Gasteiger partial charge in [0, 0.05) is 30.7 Å². The lowest BCUT2D eigenvalue weighted by Crippen LogP contribution is -2.49. The third kappa shape index (κ3) is 4.44. The van der Waals surface area contributed by atoms with Gasteiger partial charge in [-0.05, 0) is 18.9 Å². The number of hydrogen-bond donors (Lipinski definition) is 1. The van der Waals surface area contributed by atoms with E-state index >= 15 is 0 Å². The van der Waals surface area contributed by atoms with Crippen LogP contribution in [-0.2, 0) is 14.6 Å². The van der Waals surface area contributed by atoms with Crippen LogP contribution in [0.25, 0.3) is 0 Å². The Morgan fingerprint density at radius 1 is 1.56 bits per heavy atom. The molecule has 0 saturated carbocycles. The van der Waals surface area contributed by atoms with Gasteiger partial charge >= 0.3 is 0 Å². The number of carbonyl (C=O) groups is 1. The van der Waals surface area contributed by atoms with Gasteiger partial charge in [-0.1, -0.05) is 6.92 Å². The minimum absolute atomic E-state index is 0.0639. The first kappa shape index (κ1) is 15.8. The second kappa shape index (κ2) is 6.77. The van der Waals surface area contributed by atoms with Gasteiger partial charge in [-0.3, -0.25) is 4.79 Å². The number of amides is 1. The van der Waals surface area contributed by atoms with Crippen molar-refractivity contribution >= 4 is 27.5 Å². The zero-order valence-electron chi connectivity index (χ0n) is 11.0. The molecule has 2 N–H and O–H groups in total. The summed E-state index contributed by atoms with van der Waals surface area (Å²) in [7, 11) is -3.20. The first-order valence-corrected chi connectivity index (χ1v) is 9.23. The summed E-state index contributed by atoms with van der Waals surface area (Å²) in [4.78, 5) is 13.6. The van der Waals surface area contributed by atoms with E-state index in [9.17, 15) is 13.2 Å². The lowest BCUT2D eigenvalue weighted by Gasteiger charge is -2.34. The van der Waals surface area contributed by atoms with Crippen LogP contribution in [0, 0.1) is 5.92 Å². The van der Waals surface area contributed by atoms with Crippen molar-refractivity contribution in [2.24, 2.45) is 11.7 Å². The molecule has 0 radical (unpaired) electrons. The Labute approximate surface area is 113 Å². The summed E-state index contributed by atoms with van der Waals surface area (Å²) in [6.07, 6.45) is 2.30. The molecule has 18 heavy (non-hydrogen) atoms. The molecule has 5 nitrogen and oxygen atoms in total. The molecule has 2 atom stereocenters. The monoisotopic (exact) mass is 294 g/mol. The lowest BCUT2D eigenvalue weighted by molar-refractivity contribution is -0.131. The Kier molecular flexibility index (Phi) is 5.94. The normalized spacial score (nSPS) is 22.8. The molecule has 1 aliphatic rings. The summed E-state index contributed by atoms with van der Waals surface area (Å²) < 4.78 is 23.3. The van der Waals surface area contributed by atoms with Crippen molar-refractivity contribution in [3.8, 4) is 0 Å². The maximum atomic E-state index is 12.1.